The summed E-state index contributed by atoms with van der Waals surface area (Å²) in [5.74, 6) is 2.67. The number of rotatable bonds is 5. The van der Waals surface area contributed by atoms with Gasteiger partial charge in [-0.3, -0.25) is 9.59 Å². The molecule has 3 fully saturated rings. The van der Waals surface area contributed by atoms with Crippen molar-refractivity contribution in [1.82, 2.24) is 9.80 Å². The Morgan fingerprint density at radius 3 is 2.60 bits per heavy atom. The average Bonchev–Trinajstić information content (AvgIpc) is 3.07. The molecule has 1 amide bonds. The summed E-state index contributed by atoms with van der Waals surface area (Å²) in [5, 5.41) is 0. The Labute approximate surface area is 182 Å². The van der Waals surface area contributed by atoms with E-state index in [9.17, 15) is 9.59 Å². The molecule has 0 aromatic rings. The van der Waals surface area contributed by atoms with Crippen LogP contribution in [0.25, 0.3) is 0 Å². The molecule has 1 saturated heterocycles. The quantitative estimate of drug-likeness (QED) is 0.616. The molecule has 6 atom stereocenters. The summed E-state index contributed by atoms with van der Waals surface area (Å²) >= 11 is 0. The lowest BCUT2D eigenvalue weighted by Gasteiger charge is -2.60. The van der Waals surface area contributed by atoms with Crippen LogP contribution in [0.2, 0.25) is 0 Å². The van der Waals surface area contributed by atoms with Crippen molar-refractivity contribution in [1.29, 1.82) is 0 Å². The van der Waals surface area contributed by atoms with E-state index in [2.05, 4.69) is 39.2 Å². The van der Waals surface area contributed by atoms with E-state index in [0.717, 1.165) is 45.4 Å². The van der Waals surface area contributed by atoms with Crippen molar-refractivity contribution in [3.05, 3.63) is 24.4 Å². The normalized spacial score (nSPS) is 40.2. The average molecular weight is 413 g/mol. The molecule has 166 valence electrons. The summed E-state index contributed by atoms with van der Waals surface area (Å²) in [5.41, 5.74) is 1.46. The zero-order valence-corrected chi connectivity index (χ0v) is 19.5. The van der Waals surface area contributed by atoms with Gasteiger partial charge in [0, 0.05) is 55.7 Å². The molecule has 0 spiro atoms. The zero-order chi connectivity index (χ0) is 21.7. The van der Waals surface area contributed by atoms with Crippen LogP contribution in [0, 0.1) is 34.5 Å². The van der Waals surface area contributed by atoms with E-state index in [0.29, 0.717) is 30.1 Å². The van der Waals surface area contributed by atoms with Gasteiger partial charge in [-0.2, -0.15) is 0 Å². The van der Waals surface area contributed by atoms with Gasteiger partial charge in [0.25, 0.3) is 0 Å². The Bertz CT molecular complexity index is 754. The van der Waals surface area contributed by atoms with Crippen LogP contribution < -0.4 is 0 Å². The fourth-order valence-corrected chi connectivity index (χ4v) is 7.90. The maximum Gasteiger partial charge on any atom is 0.226 e. The lowest BCUT2D eigenvalue weighted by Crippen LogP contribution is -2.58. The lowest BCUT2D eigenvalue weighted by molar-refractivity contribution is -0.143. The van der Waals surface area contributed by atoms with Gasteiger partial charge in [0.1, 0.15) is 0 Å². The monoisotopic (exact) mass is 412 g/mol. The van der Waals surface area contributed by atoms with Crippen LogP contribution >= 0.6 is 0 Å². The summed E-state index contributed by atoms with van der Waals surface area (Å²) in [4.78, 5) is 30.1. The minimum Gasteiger partial charge on any atom is -0.370 e. The second-order valence-electron chi connectivity index (χ2n) is 10.7. The predicted molar refractivity (Wildman–Crippen MR) is 121 cm³/mol. The first-order valence-electron chi connectivity index (χ1n) is 12.2. The Morgan fingerprint density at radius 2 is 1.93 bits per heavy atom. The highest BCUT2D eigenvalue weighted by atomic mass is 16.2. The SMILES string of the molecule is C=CCN1C[C@@H]2[C@@H](CC[C@]3(C)C(C(=O)N(CC)CC)CC[C@@H]23)[C@@]2(C)CCC(=O)C=C12. The van der Waals surface area contributed by atoms with E-state index in [1.165, 1.54) is 18.5 Å². The van der Waals surface area contributed by atoms with Crippen LogP contribution in [0.15, 0.2) is 24.4 Å². The summed E-state index contributed by atoms with van der Waals surface area (Å²) in [6, 6.07) is 0. The van der Waals surface area contributed by atoms with Gasteiger partial charge in [0.05, 0.1) is 0 Å². The van der Waals surface area contributed by atoms with Gasteiger partial charge >= 0.3 is 0 Å². The van der Waals surface area contributed by atoms with Crippen molar-refractivity contribution in [2.75, 3.05) is 26.2 Å². The Kier molecular flexibility index (Phi) is 5.65. The molecular formula is C26H40N2O2. The van der Waals surface area contributed by atoms with Crippen molar-refractivity contribution in [3.8, 4) is 0 Å². The molecule has 1 heterocycles. The molecule has 2 saturated carbocycles. The standard InChI is InChI=1S/C26H40N2O2/c1-6-15-28-17-19-20-9-10-22(24(30)27(7-2)8-3)25(20,4)14-12-21(19)26(5)13-11-18(29)16-23(26)28/h6,16,19-22H,1,7-15,17H2,2-5H3/t19-,20-,21+,22?,25-,26+/m0/s1. The van der Waals surface area contributed by atoms with E-state index >= 15 is 0 Å². The van der Waals surface area contributed by atoms with E-state index in [1.807, 2.05) is 17.1 Å². The third kappa shape index (κ3) is 3.08. The fourth-order valence-electron chi connectivity index (χ4n) is 7.90. The molecule has 4 aliphatic rings. The van der Waals surface area contributed by atoms with Crippen LogP contribution in [0.5, 0.6) is 0 Å². The minimum atomic E-state index is 0.0855. The van der Waals surface area contributed by atoms with Gasteiger partial charge in [0.15, 0.2) is 5.78 Å². The molecule has 3 aliphatic carbocycles. The fraction of sp³-hybridized carbons (Fsp3) is 0.769. The molecule has 4 heteroatoms. The first-order valence-corrected chi connectivity index (χ1v) is 12.2. The largest absolute Gasteiger partial charge is 0.370 e. The highest BCUT2D eigenvalue weighted by Gasteiger charge is 2.61. The number of carbonyl (C=O) groups is 2. The smallest absolute Gasteiger partial charge is 0.226 e. The molecule has 0 bridgehead atoms. The van der Waals surface area contributed by atoms with Gasteiger partial charge in [-0.25, -0.2) is 0 Å². The number of ketones is 1. The number of hydrogen-bond donors (Lipinski definition) is 0. The molecule has 0 radical (unpaired) electrons. The summed E-state index contributed by atoms with van der Waals surface area (Å²) in [7, 11) is 0. The maximum absolute atomic E-state index is 13.4. The third-order valence-corrected chi connectivity index (χ3v) is 9.52. The molecule has 1 unspecified atom stereocenters. The van der Waals surface area contributed by atoms with Crippen LogP contribution in [0.1, 0.15) is 66.2 Å². The predicted octanol–water partition coefficient (Wildman–Crippen LogP) is 4.67. The number of allylic oxidation sites excluding steroid dienone is 2. The number of likely N-dealkylation sites (tertiary alicyclic amines) is 1. The van der Waals surface area contributed by atoms with Crippen molar-refractivity contribution >= 4 is 11.7 Å². The molecule has 30 heavy (non-hydrogen) atoms. The van der Waals surface area contributed by atoms with Gasteiger partial charge in [-0.15, -0.1) is 6.58 Å². The molecule has 1 aliphatic heterocycles. The maximum atomic E-state index is 13.4. The molecule has 4 rings (SSSR count). The van der Waals surface area contributed by atoms with Gasteiger partial charge in [0.2, 0.25) is 5.91 Å². The number of carbonyl (C=O) groups excluding carboxylic acids is 2. The number of hydrogen-bond acceptors (Lipinski definition) is 3. The minimum absolute atomic E-state index is 0.0855. The first-order chi connectivity index (χ1) is 14.3. The third-order valence-electron chi connectivity index (χ3n) is 9.52. The molecule has 4 nitrogen and oxygen atoms in total. The number of nitrogens with zero attached hydrogens (tertiary/aromatic N) is 2. The second kappa shape index (κ2) is 7.84. The van der Waals surface area contributed by atoms with Crippen LogP contribution in [-0.2, 0) is 9.59 Å². The number of piperidine rings is 1. The van der Waals surface area contributed by atoms with Crippen LogP contribution in [-0.4, -0.2) is 47.7 Å². The summed E-state index contributed by atoms with van der Waals surface area (Å²) < 4.78 is 0. The number of amides is 1. The molecule has 0 N–H and O–H groups in total. The van der Waals surface area contributed by atoms with E-state index in [1.54, 1.807) is 0 Å². The van der Waals surface area contributed by atoms with Gasteiger partial charge < -0.3 is 9.80 Å². The van der Waals surface area contributed by atoms with E-state index in [-0.39, 0.29) is 22.5 Å². The lowest BCUT2D eigenvalue weighted by atomic mass is 9.49. The highest BCUT2D eigenvalue weighted by molar-refractivity contribution is 5.91. The topological polar surface area (TPSA) is 40.6 Å². The van der Waals surface area contributed by atoms with Gasteiger partial charge in [-0.05, 0) is 69.1 Å². The second-order valence-corrected chi connectivity index (χ2v) is 10.7. The Hall–Kier alpha value is -1.58. The Morgan fingerprint density at radius 1 is 1.20 bits per heavy atom. The first kappa shape index (κ1) is 21.6. The van der Waals surface area contributed by atoms with Crippen LogP contribution in [0.4, 0.5) is 0 Å². The zero-order valence-electron chi connectivity index (χ0n) is 19.5. The highest BCUT2D eigenvalue weighted by Crippen LogP contribution is 2.65. The number of fused-ring (bicyclic) bond motifs is 5. The summed E-state index contributed by atoms with van der Waals surface area (Å²) in [6.07, 6.45) is 10.1. The van der Waals surface area contributed by atoms with Crippen molar-refractivity contribution in [2.24, 2.45) is 34.5 Å². The Balaban J connectivity index is 1.66. The van der Waals surface area contributed by atoms with Gasteiger partial charge in [-0.1, -0.05) is 19.9 Å². The van der Waals surface area contributed by atoms with E-state index in [4.69, 9.17) is 0 Å². The van der Waals surface area contributed by atoms with Crippen molar-refractivity contribution < 1.29 is 9.59 Å². The van der Waals surface area contributed by atoms with E-state index < -0.39 is 0 Å². The van der Waals surface area contributed by atoms with Crippen molar-refractivity contribution in [2.45, 2.75) is 66.2 Å². The molecule has 0 aromatic carbocycles. The molecular weight excluding hydrogens is 372 g/mol. The van der Waals surface area contributed by atoms with Crippen molar-refractivity contribution in [3.63, 3.8) is 0 Å². The summed E-state index contributed by atoms with van der Waals surface area (Å²) in [6.45, 7) is 16.5. The van der Waals surface area contributed by atoms with Crippen LogP contribution in [0.3, 0.4) is 0 Å². The molecule has 0 aromatic heterocycles.